The second-order valence-corrected chi connectivity index (χ2v) is 7.62. The van der Waals surface area contributed by atoms with Gasteiger partial charge in [-0.15, -0.1) is 0 Å². The Labute approximate surface area is 145 Å². The summed E-state index contributed by atoms with van der Waals surface area (Å²) in [6.45, 7) is 7.35. The summed E-state index contributed by atoms with van der Waals surface area (Å²) in [6.07, 6.45) is 1.44. The van der Waals surface area contributed by atoms with E-state index in [0.717, 1.165) is 31.6 Å². The number of carbonyl (C=O) groups is 1. The van der Waals surface area contributed by atoms with Crippen molar-refractivity contribution in [1.29, 1.82) is 0 Å². The van der Waals surface area contributed by atoms with Crippen LogP contribution in [0.15, 0.2) is 24.3 Å². The molecule has 1 heterocycles. The molecule has 0 bridgehead atoms. The minimum atomic E-state index is -0.685. The lowest BCUT2D eigenvalue weighted by atomic mass is 9.98. The number of nitrogens with one attached hydrogen (secondary N) is 1. The normalized spacial score (nSPS) is 20.1. The molecular weight excluding hydrogens is 302 g/mol. The van der Waals surface area contributed by atoms with E-state index in [2.05, 4.69) is 29.2 Å². The number of amides is 1. The monoisotopic (exact) mass is 333 g/mol. The maximum absolute atomic E-state index is 12.4. The molecule has 2 rings (SSSR count). The summed E-state index contributed by atoms with van der Waals surface area (Å²) < 4.78 is 0. The number of aliphatic hydroxyl groups is 1. The number of benzene rings is 1. The molecule has 1 aromatic rings. The molecule has 0 aliphatic carbocycles. The topological polar surface area (TPSA) is 55.8 Å². The Morgan fingerprint density at radius 2 is 2.08 bits per heavy atom. The molecule has 0 unspecified atom stereocenters. The smallest absolute Gasteiger partial charge is 0.251 e. The van der Waals surface area contributed by atoms with Gasteiger partial charge in [-0.2, -0.15) is 0 Å². The average Bonchev–Trinajstić information content (AvgIpc) is 2.53. The zero-order valence-corrected chi connectivity index (χ0v) is 15.4. The Kier molecular flexibility index (Phi) is 6.38. The van der Waals surface area contributed by atoms with Gasteiger partial charge in [0.15, 0.2) is 0 Å². The molecule has 1 amide bonds. The zero-order chi connectivity index (χ0) is 17.7. The Morgan fingerprint density at radius 1 is 1.33 bits per heavy atom. The van der Waals surface area contributed by atoms with E-state index in [0.29, 0.717) is 24.6 Å². The first kappa shape index (κ1) is 18.9. The van der Waals surface area contributed by atoms with Gasteiger partial charge in [0.25, 0.3) is 5.91 Å². The molecule has 0 spiro atoms. The summed E-state index contributed by atoms with van der Waals surface area (Å²) in [5.74, 6) is -0.0262. The summed E-state index contributed by atoms with van der Waals surface area (Å²) in [4.78, 5) is 17.0. The van der Waals surface area contributed by atoms with Crippen LogP contribution in [0.4, 0.5) is 0 Å². The third-order valence-electron chi connectivity index (χ3n) is 4.69. The number of nitrogens with zero attached hydrogens (tertiary/aromatic N) is 2. The molecule has 24 heavy (non-hydrogen) atoms. The fraction of sp³-hybridized carbons (Fsp3) is 0.632. The van der Waals surface area contributed by atoms with Crippen molar-refractivity contribution < 1.29 is 9.90 Å². The van der Waals surface area contributed by atoms with E-state index in [-0.39, 0.29) is 5.91 Å². The molecule has 1 aliphatic rings. The van der Waals surface area contributed by atoms with Crippen molar-refractivity contribution in [3.8, 4) is 0 Å². The molecule has 1 aromatic carbocycles. The van der Waals surface area contributed by atoms with Crippen molar-refractivity contribution >= 4 is 5.91 Å². The van der Waals surface area contributed by atoms with Crippen LogP contribution in [0, 0.1) is 0 Å². The number of piperazine rings is 1. The summed E-state index contributed by atoms with van der Waals surface area (Å²) >= 11 is 0. The van der Waals surface area contributed by atoms with Crippen LogP contribution in [0.2, 0.25) is 0 Å². The van der Waals surface area contributed by atoms with Crippen molar-refractivity contribution in [3.05, 3.63) is 35.4 Å². The molecule has 0 saturated carbocycles. The molecule has 134 valence electrons. The van der Waals surface area contributed by atoms with Gasteiger partial charge in [-0.25, -0.2) is 0 Å². The first-order valence-electron chi connectivity index (χ1n) is 8.73. The molecular formula is C19H31N3O2. The van der Waals surface area contributed by atoms with Gasteiger partial charge in [-0.05, 0) is 58.5 Å². The van der Waals surface area contributed by atoms with Crippen LogP contribution < -0.4 is 5.32 Å². The Morgan fingerprint density at radius 3 is 2.79 bits per heavy atom. The third kappa shape index (κ3) is 5.89. The number of hydrogen-bond donors (Lipinski definition) is 2. The van der Waals surface area contributed by atoms with Crippen LogP contribution in [0.3, 0.4) is 0 Å². The predicted octanol–water partition coefficient (Wildman–Crippen LogP) is 1.37. The van der Waals surface area contributed by atoms with Gasteiger partial charge in [0.1, 0.15) is 0 Å². The lowest BCUT2D eigenvalue weighted by Gasteiger charge is -2.37. The number of aryl methyl sites for hydroxylation is 1. The highest BCUT2D eigenvalue weighted by Gasteiger charge is 2.22. The van der Waals surface area contributed by atoms with Crippen molar-refractivity contribution in [2.24, 2.45) is 0 Å². The van der Waals surface area contributed by atoms with Crippen LogP contribution in [-0.4, -0.2) is 72.7 Å². The second kappa shape index (κ2) is 8.10. The quantitative estimate of drug-likeness (QED) is 0.825. The Bertz CT molecular complexity index is 554. The van der Waals surface area contributed by atoms with Gasteiger partial charge >= 0.3 is 0 Å². The van der Waals surface area contributed by atoms with E-state index in [1.807, 2.05) is 24.3 Å². The third-order valence-corrected chi connectivity index (χ3v) is 4.69. The summed E-state index contributed by atoms with van der Waals surface area (Å²) in [7, 11) is 4.23. The maximum atomic E-state index is 12.4. The molecule has 1 aliphatic heterocycles. The SMILES string of the molecule is CN1CCN(C)[C@@H](CNC(=O)c2cccc(CCC(C)(C)O)c2)C1. The van der Waals surface area contributed by atoms with Gasteiger partial charge in [0.05, 0.1) is 5.60 Å². The summed E-state index contributed by atoms with van der Waals surface area (Å²) in [5.41, 5.74) is 1.09. The van der Waals surface area contributed by atoms with Crippen molar-refractivity contribution in [2.75, 3.05) is 40.3 Å². The van der Waals surface area contributed by atoms with E-state index in [1.165, 1.54) is 0 Å². The molecule has 0 radical (unpaired) electrons. The van der Waals surface area contributed by atoms with E-state index >= 15 is 0 Å². The largest absolute Gasteiger partial charge is 0.390 e. The number of hydrogen-bond acceptors (Lipinski definition) is 4. The van der Waals surface area contributed by atoms with Crippen molar-refractivity contribution in [3.63, 3.8) is 0 Å². The standard InChI is InChI=1S/C19H31N3O2/c1-19(2,24)9-8-15-6-5-7-16(12-15)18(23)20-13-17-14-21(3)10-11-22(17)4/h5-7,12,17,24H,8-11,13-14H2,1-4H3,(H,20,23)/t17-/m0/s1. The van der Waals surface area contributed by atoms with E-state index in [4.69, 9.17) is 0 Å². The highest BCUT2D eigenvalue weighted by Crippen LogP contribution is 2.14. The number of rotatable bonds is 6. The molecule has 0 aromatic heterocycles. The second-order valence-electron chi connectivity index (χ2n) is 7.62. The lowest BCUT2D eigenvalue weighted by Crippen LogP contribution is -2.54. The number of carbonyl (C=O) groups excluding carboxylic acids is 1. The minimum absolute atomic E-state index is 0.0262. The highest BCUT2D eigenvalue weighted by molar-refractivity contribution is 5.94. The summed E-state index contributed by atoms with van der Waals surface area (Å²) in [6, 6.07) is 8.05. The fourth-order valence-corrected chi connectivity index (χ4v) is 2.95. The minimum Gasteiger partial charge on any atom is -0.390 e. The fourth-order valence-electron chi connectivity index (χ4n) is 2.95. The Hall–Kier alpha value is -1.43. The van der Waals surface area contributed by atoms with E-state index in [9.17, 15) is 9.90 Å². The molecule has 5 heteroatoms. The molecule has 1 fully saturated rings. The number of likely N-dealkylation sites (N-methyl/N-ethyl adjacent to an activating group) is 2. The summed E-state index contributed by atoms with van der Waals surface area (Å²) in [5, 5.41) is 12.9. The zero-order valence-electron chi connectivity index (χ0n) is 15.4. The molecule has 5 nitrogen and oxygen atoms in total. The Balaban J connectivity index is 1.90. The first-order valence-corrected chi connectivity index (χ1v) is 8.73. The highest BCUT2D eigenvalue weighted by atomic mass is 16.3. The van der Waals surface area contributed by atoms with Crippen LogP contribution in [-0.2, 0) is 6.42 Å². The van der Waals surface area contributed by atoms with E-state index < -0.39 is 5.60 Å². The van der Waals surface area contributed by atoms with Gasteiger partial charge in [0, 0.05) is 37.8 Å². The average molecular weight is 333 g/mol. The van der Waals surface area contributed by atoms with Gasteiger partial charge in [0.2, 0.25) is 0 Å². The molecule has 2 N–H and O–H groups in total. The van der Waals surface area contributed by atoms with Gasteiger partial charge in [-0.3, -0.25) is 9.69 Å². The molecule has 1 atom stereocenters. The predicted molar refractivity (Wildman–Crippen MR) is 97.3 cm³/mol. The lowest BCUT2D eigenvalue weighted by molar-refractivity contribution is 0.0714. The molecule has 1 saturated heterocycles. The van der Waals surface area contributed by atoms with Crippen LogP contribution in [0.5, 0.6) is 0 Å². The van der Waals surface area contributed by atoms with E-state index in [1.54, 1.807) is 13.8 Å². The first-order chi connectivity index (χ1) is 11.2. The van der Waals surface area contributed by atoms with Crippen molar-refractivity contribution in [2.45, 2.75) is 38.3 Å². The van der Waals surface area contributed by atoms with Crippen LogP contribution in [0.25, 0.3) is 0 Å². The van der Waals surface area contributed by atoms with Gasteiger partial charge < -0.3 is 15.3 Å². The van der Waals surface area contributed by atoms with Crippen molar-refractivity contribution in [1.82, 2.24) is 15.1 Å². The van der Waals surface area contributed by atoms with Crippen LogP contribution in [0.1, 0.15) is 36.2 Å². The maximum Gasteiger partial charge on any atom is 0.251 e. The van der Waals surface area contributed by atoms with Gasteiger partial charge in [-0.1, -0.05) is 12.1 Å². The van der Waals surface area contributed by atoms with Crippen LogP contribution >= 0.6 is 0 Å².